The van der Waals surface area contributed by atoms with Crippen LogP contribution < -0.4 is 0 Å². The first-order chi connectivity index (χ1) is 3.29. The number of hydrogen-bond donors (Lipinski definition) is 2. The van der Waals surface area contributed by atoms with Gasteiger partial charge in [0.25, 0.3) is 5.88 Å². The van der Waals surface area contributed by atoms with Gasteiger partial charge >= 0.3 is 0 Å². The van der Waals surface area contributed by atoms with Crippen molar-refractivity contribution in [1.29, 1.82) is 0 Å². The molecule has 0 aliphatic carbocycles. The third kappa shape index (κ3) is 0.866. The maximum atomic E-state index is 8.40. The van der Waals surface area contributed by atoms with Gasteiger partial charge in [-0.05, 0) is 5.16 Å². The molecule has 0 aromatic carbocycles. The number of nitrogens with zero attached hydrogens (tertiary/aromatic N) is 1. The molecule has 1 N–H and O–H groups in total. The molecule has 0 bridgehead atoms. The monoisotopic (exact) mass is 117 g/mol. The van der Waals surface area contributed by atoms with Gasteiger partial charge in [-0.2, -0.15) is 0 Å². The van der Waals surface area contributed by atoms with Crippen molar-refractivity contribution < 1.29 is 9.63 Å². The maximum Gasteiger partial charge on any atom is 0.252 e. The zero-order chi connectivity index (χ0) is 5.28. The van der Waals surface area contributed by atoms with E-state index in [1.54, 1.807) is 0 Å². The van der Waals surface area contributed by atoms with Crippen LogP contribution in [0.1, 0.15) is 0 Å². The van der Waals surface area contributed by atoms with Crippen LogP contribution in [0.15, 0.2) is 15.7 Å². The molecule has 1 aromatic rings. The standard InChI is InChI=1S/C3H3NO2S/c5-2-1-3(7)6-4-2/h1,7H,(H,4,5). The molecule has 0 saturated carbocycles. The summed E-state index contributed by atoms with van der Waals surface area (Å²) in [6.07, 6.45) is 0. The predicted molar refractivity (Wildman–Crippen MR) is 25.4 cm³/mol. The third-order valence-corrected chi connectivity index (χ3v) is 0.696. The van der Waals surface area contributed by atoms with Crippen LogP contribution in [-0.4, -0.2) is 10.3 Å². The molecule has 0 fully saturated rings. The van der Waals surface area contributed by atoms with Crippen LogP contribution >= 0.6 is 12.6 Å². The number of rotatable bonds is 0. The lowest BCUT2D eigenvalue weighted by molar-refractivity contribution is 0.319. The summed E-state index contributed by atoms with van der Waals surface area (Å²) in [7, 11) is 0. The molecule has 7 heavy (non-hydrogen) atoms. The summed E-state index contributed by atoms with van der Waals surface area (Å²) in [6, 6.07) is 1.31. The highest BCUT2D eigenvalue weighted by Gasteiger charge is 1.92. The van der Waals surface area contributed by atoms with Crippen molar-refractivity contribution in [1.82, 2.24) is 5.16 Å². The van der Waals surface area contributed by atoms with Crippen LogP contribution in [0.3, 0.4) is 0 Å². The van der Waals surface area contributed by atoms with Crippen LogP contribution in [0, 0.1) is 0 Å². The summed E-state index contributed by atoms with van der Waals surface area (Å²) in [6.45, 7) is 0. The molecule has 38 valence electrons. The largest absolute Gasteiger partial charge is 0.491 e. The summed E-state index contributed by atoms with van der Waals surface area (Å²) >= 11 is 3.72. The Labute approximate surface area is 45.3 Å². The van der Waals surface area contributed by atoms with Crippen LogP contribution in [0.5, 0.6) is 5.88 Å². The highest BCUT2D eigenvalue weighted by Crippen LogP contribution is 2.10. The lowest BCUT2D eigenvalue weighted by atomic mass is 10.7. The lowest BCUT2D eigenvalue weighted by Gasteiger charge is -1.63. The molecular formula is C3H3NO2S. The van der Waals surface area contributed by atoms with Crippen molar-refractivity contribution in [3.8, 4) is 5.88 Å². The summed E-state index contributed by atoms with van der Waals surface area (Å²) in [5.74, 6) is -0.134. The fraction of sp³-hybridized carbons (Fsp3) is 0. The zero-order valence-corrected chi connectivity index (χ0v) is 4.22. The van der Waals surface area contributed by atoms with Crippen molar-refractivity contribution in [3.63, 3.8) is 0 Å². The second-order valence-corrected chi connectivity index (χ2v) is 1.46. The van der Waals surface area contributed by atoms with Gasteiger partial charge in [0.2, 0.25) is 0 Å². The van der Waals surface area contributed by atoms with E-state index in [4.69, 9.17) is 5.11 Å². The quantitative estimate of drug-likeness (QED) is 0.491. The van der Waals surface area contributed by atoms with Gasteiger partial charge in [-0.25, -0.2) is 0 Å². The molecule has 0 aliphatic rings. The van der Waals surface area contributed by atoms with Gasteiger partial charge in [-0.1, -0.05) is 0 Å². The Morgan fingerprint density at radius 3 is 2.71 bits per heavy atom. The molecule has 0 amide bonds. The van der Waals surface area contributed by atoms with E-state index in [2.05, 4.69) is 22.3 Å². The minimum Gasteiger partial charge on any atom is -0.491 e. The molecule has 0 atom stereocenters. The van der Waals surface area contributed by atoms with Crippen LogP contribution in [0.2, 0.25) is 0 Å². The van der Waals surface area contributed by atoms with Crippen molar-refractivity contribution in [2.75, 3.05) is 0 Å². The predicted octanol–water partition coefficient (Wildman–Crippen LogP) is 0.669. The van der Waals surface area contributed by atoms with Gasteiger partial charge in [-0.3, -0.25) is 0 Å². The van der Waals surface area contributed by atoms with Gasteiger partial charge in [-0.15, -0.1) is 12.6 Å². The first-order valence-corrected chi connectivity index (χ1v) is 2.08. The van der Waals surface area contributed by atoms with Crippen LogP contribution in [0.25, 0.3) is 0 Å². The fourth-order valence-corrected chi connectivity index (χ4v) is 0.413. The van der Waals surface area contributed by atoms with E-state index in [9.17, 15) is 0 Å². The minimum atomic E-state index is -0.134. The summed E-state index contributed by atoms with van der Waals surface area (Å²) in [4.78, 5) is 0. The molecule has 0 saturated heterocycles. The van der Waals surface area contributed by atoms with E-state index >= 15 is 0 Å². The molecule has 1 aromatic heterocycles. The first-order valence-electron chi connectivity index (χ1n) is 1.63. The van der Waals surface area contributed by atoms with Crippen molar-refractivity contribution in [2.45, 2.75) is 5.09 Å². The Balaban J connectivity index is 3.04. The van der Waals surface area contributed by atoms with Gasteiger partial charge in [0.1, 0.15) is 0 Å². The van der Waals surface area contributed by atoms with Crippen LogP contribution in [-0.2, 0) is 0 Å². The van der Waals surface area contributed by atoms with Crippen molar-refractivity contribution >= 4 is 12.6 Å². The molecule has 1 rings (SSSR count). The SMILES string of the molecule is Oc1cc(S)on1. The topological polar surface area (TPSA) is 46.3 Å². The average molecular weight is 117 g/mol. The molecule has 0 radical (unpaired) electrons. The second kappa shape index (κ2) is 1.46. The number of thiol groups is 1. The fourth-order valence-electron chi connectivity index (χ4n) is 0.257. The van der Waals surface area contributed by atoms with E-state index in [-0.39, 0.29) is 5.88 Å². The van der Waals surface area contributed by atoms with Crippen LogP contribution in [0.4, 0.5) is 0 Å². The lowest BCUT2D eigenvalue weighted by Crippen LogP contribution is -1.51. The summed E-state index contributed by atoms with van der Waals surface area (Å²) in [5, 5.41) is 11.8. The average Bonchev–Trinajstić information content (AvgIpc) is 1.87. The Kier molecular flexibility index (Phi) is 0.941. The minimum absolute atomic E-state index is 0.134. The van der Waals surface area contributed by atoms with Gasteiger partial charge in [0, 0.05) is 0 Å². The van der Waals surface area contributed by atoms with E-state index in [0.717, 1.165) is 0 Å². The van der Waals surface area contributed by atoms with Gasteiger partial charge < -0.3 is 9.63 Å². The molecule has 3 nitrogen and oxygen atoms in total. The molecular weight excluding hydrogens is 114 g/mol. The number of aromatic hydroxyl groups is 1. The Morgan fingerprint density at radius 1 is 1.86 bits per heavy atom. The van der Waals surface area contributed by atoms with E-state index in [0.29, 0.717) is 5.09 Å². The van der Waals surface area contributed by atoms with E-state index < -0.39 is 0 Å². The summed E-state index contributed by atoms with van der Waals surface area (Å²) < 4.78 is 4.33. The smallest absolute Gasteiger partial charge is 0.252 e. The van der Waals surface area contributed by atoms with Gasteiger partial charge in [0.05, 0.1) is 6.07 Å². The van der Waals surface area contributed by atoms with Gasteiger partial charge in [0.15, 0.2) is 5.09 Å². The van der Waals surface area contributed by atoms with Crippen molar-refractivity contribution in [2.24, 2.45) is 0 Å². The Hall–Kier alpha value is -0.640. The second-order valence-electron chi connectivity index (χ2n) is 1.02. The molecule has 1 heterocycles. The maximum absolute atomic E-state index is 8.40. The highest BCUT2D eigenvalue weighted by molar-refractivity contribution is 7.80. The van der Waals surface area contributed by atoms with Crippen molar-refractivity contribution in [3.05, 3.63) is 6.07 Å². The number of aromatic nitrogens is 1. The highest BCUT2D eigenvalue weighted by atomic mass is 32.1. The Morgan fingerprint density at radius 2 is 2.57 bits per heavy atom. The first kappa shape index (κ1) is 4.52. The molecule has 0 unspecified atom stereocenters. The van der Waals surface area contributed by atoms with E-state index in [1.165, 1.54) is 6.07 Å². The Bertz CT molecular complexity index is 145. The van der Waals surface area contributed by atoms with E-state index in [1.807, 2.05) is 0 Å². The molecule has 4 heteroatoms. The summed E-state index contributed by atoms with van der Waals surface area (Å²) in [5.41, 5.74) is 0. The molecule has 0 aliphatic heterocycles. The zero-order valence-electron chi connectivity index (χ0n) is 3.33. The molecule has 0 spiro atoms. The number of hydrogen-bond acceptors (Lipinski definition) is 4. The normalized spacial score (nSPS) is 9.29. The third-order valence-electron chi connectivity index (χ3n) is 0.485.